The highest BCUT2D eigenvalue weighted by atomic mass is 127. The van der Waals surface area contributed by atoms with Crippen molar-refractivity contribution in [2.24, 2.45) is 4.99 Å². The molecule has 0 radical (unpaired) electrons. The molecule has 1 fully saturated rings. The molecule has 0 amide bonds. The van der Waals surface area contributed by atoms with Gasteiger partial charge in [-0.25, -0.2) is 4.99 Å². The molecule has 0 aliphatic carbocycles. The summed E-state index contributed by atoms with van der Waals surface area (Å²) in [4.78, 5) is 4.61. The lowest BCUT2D eigenvalue weighted by atomic mass is 10.2. The van der Waals surface area contributed by atoms with Crippen molar-refractivity contribution in [3.63, 3.8) is 0 Å². The van der Waals surface area contributed by atoms with Crippen LogP contribution in [0.2, 0.25) is 0 Å². The summed E-state index contributed by atoms with van der Waals surface area (Å²) in [5, 5.41) is 6.60. The third kappa shape index (κ3) is 8.73. The Morgan fingerprint density at radius 3 is 2.72 bits per heavy atom. The summed E-state index contributed by atoms with van der Waals surface area (Å²) in [5.41, 5.74) is 1.15. The number of nitrogens with zero attached hydrogens (tertiary/aromatic N) is 1. The minimum absolute atomic E-state index is 0. The van der Waals surface area contributed by atoms with E-state index in [4.69, 9.17) is 14.2 Å². The molecule has 7 heteroatoms. The second kappa shape index (κ2) is 13.2. The number of benzene rings is 1. The Labute approximate surface area is 167 Å². The summed E-state index contributed by atoms with van der Waals surface area (Å²) in [5.74, 6) is 1.69. The van der Waals surface area contributed by atoms with Crippen LogP contribution in [0.3, 0.4) is 0 Å². The van der Waals surface area contributed by atoms with Crippen LogP contribution in [0.1, 0.15) is 25.3 Å². The fourth-order valence-corrected chi connectivity index (χ4v) is 2.42. The van der Waals surface area contributed by atoms with Crippen LogP contribution in [0.5, 0.6) is 5.75 Å². The topological polar surface area (TPSA) is 64.1 Å². The van der Waals surface area contributed by atoms with E-state index in [-0.39, 0.29) is 30.1 Å². The van der Waals surface area contributed by atoms with Gasteiger partial charge >= 0.3 is 0 Å². The first-order valence-corrected chi connectivity index (χ1v) is 8.66. The van der Waals surface area contributed by atoms with Crippen molar-refractivity contribution in [1.82, 2.24) is 10.6 Å². The smallest absolute Gasteiger partial charge is 0.191 e. The molecule has 0 spiro atoms. The number of ether oxygens (including phenoxy) is 3. The van der Waals surface area contributed by atoms with Crippen molar-refractivity contribution in [2.45, 2.75) is 32.4 Å². The number of nitrogens with one attached hydrogen (secondary N) is 2. The van der Waals surface area contributed by atoms with Crippen molar-refractivity contribution >= 4 is 29.9 Å². The number of methoxy groups -OCH3 is 1. The van der Waals surface area contributed by atoms with Crippen LogP contribution in [0.25, 0.3) is 0 Å². The third-order valence-electron chi connectivity index (χ3n) is 3.78. The van der Waals surface area contributed by atoms with Gasteiger partial charge in [0.25, 0.3) is 0 Å². The van der Waals surface area contributed by atoms with Gasteiger partial charge in [-0.05, 0) is 37.5 Å². The van der Waals surface area contributed by atoms with Gasteiger partial charge < -0.3 is 24.8 Å². The molecule has 25 heavy (non-hydrogen) atoms. The second-order valence-electron chi connectivity index (χ2n) is 5.68. The van der Waals surface area contributed by atoms with Crippen LogP contribution in [0.4, 0.5) is 0 Å². The highest BCUT2D eigenvalue weighted by Crippen LogP contribution is 2.11. The SMILES string of the molecule is CCNC(=NCc1ccc(OC)cc1)NCCCOC1CCOC1.I. The largest absolute Gasteiger partial charge is 0.497 e. The zero-order valence-corrected chi connectivity index (χ0v) is 17.5. The standard InChI is InChI=1S/C18H29N3O3.HI/c1-3-19-18(20-10-4-11-24-17-9-12-23-14-17)21-13-15-5-7-16(22-2)8-6-15;/h5-8,17H,3-4,9-14H2,1-2H3,(H2,19,20,21);1H. The van der Waals surface area contributed by atoms with Gasteiger partial charge in [-0.1, -0.05) is 12.1 Å². The highest BCUT2D eigenvalue weighted by Gasteiger charge is 2.15. The first kappa shape index (κ1) is 22.0. The normalized spacial score (nSPS) is 17.0. The maximum absolute atomic E-state index is 5.76. The molecular formula is C18H30IN3O3. The Morgan fingerprint density at radius 1 is 1.28 bits per heavy atom. The summed E-state index contributed by atoms with van der Waals surface area (Å²) in [6, 6.07) is 7.97. The van der Waals surface area contributed by atoms with Gasteiger partial charge in [-0.15, -0.1) is 24.0 Å². The lowest BCUT2D eigenvalue weighted by Gasteiger charge is -2.13. The zero-order chi connectivity index (χ0) is 17.0. The predicted octanol–water partition coefficient (Wildman–Crippen LogP) is 2.56. The fourth-order valence-electron chi connectivity index (χ4n) is 2.42. The summed E-state index contributed by atoms with van der Waals surface area (Å²) in [6.07, 6.45) is 2.24. The molecule has 1 aliphatic rings. The van der Waals surface area contributed by atoms with Crippen LogP contribution >= 0.6 is 24.0 Å². The number of halogens is 1. The van der Waals surface area contributed by atoms with Crippen molar-refractivity contribution < 1.29 is 14.2 Å². The molecule has 0 bridgehead atoms. The minimum atomic E-state index is 0. The molecular weight excluding hydrogens is 433 g/mol. The number of hydrogen-bond donors (Lipinski definition) is 2. The molecule has 1 unspecified atom stereocenters. The van der Waals surface area contributed by atoms with E-state index < -0.39 is 0 Å². The second-order valence-corrected chi connectivity index (χ2v) is 5.68. The van der Waals surface area contributed by atoms with Crippen LogP contribution in [-0.4, -0.2) is 52.1 Å². The van der Waals surface area contributed by atoms with Gasteiger partial charge in [-0.2, -0.15) is 0 Å². The number of guanidine groups is 1. The molecule has 6 nitrogen and oxygen atoms in total. The predicted molar refractivity (Wildman–Crippen MR) is 111 cm³/mol. The van der Waals surface area contributed by atoms with Crippen molar-refractivity contribution in [3.8, 4) is 5.75 Å². The number of aliphatic imine (C=N–C) groups is 1. The highest BCUT2D eigenvalue weighted by molar-refractivity contribution is 14.0. The van der Waals surface area contributed by atoms with E-state index in [2.05, 4.69) is 22.5 Å². The molecule has 1 aliphatic heterocycles. The van der Waals surface area contributed by atoms with Crippen LogP contribution in [0.15, 0.2) is 29.3 Å². The average Bonchev–Trinajstić information content (AvgIpc) is 3.13. The number of rotatable bonds is 9. The van der Waals surface area contributed by atoms with Crippen LogP contribution in [-0.2, 0) is 16.0 Å². The Bertz CT molecular complexity index is 491. The molecule has 0 aromatic heterocycles. The Morgan fingerprint density at radius 2 is 2.08 bits per heavy atom. The van der Waals surface area contributed by atoms with Gasteiger partial charge in [0.2, 0.25) is 0 Å². The Hall–Kier alpha value is -1.06. The fraction of sp³-hybridized carbons (Fsp3) is 0.611. The van der Waals surface area contributed by atoms with E-state index in [9.17, 15) is 0 Å². The Balaban J connectivity index is 0.00000312. The van der Waals surface area contributed by atoms with E-state index in [0.29, 0.717) is 6.54 Å². The molecule has 1 saturated heterocycles. The maximum atomic E-state index is 5.76. The third-order valence-corrected chi connectivity index (χ3v) is 3.78. The molecule has 142 valence electrons. The summed E-state index contributed by atoms with van der Waals surface area (Å²) in [7, 11) is 1.67. The first-order valence-electron chi connectivity index (χ1n) is 8.66. The molecule has 2 rings (SSSR count). The van der Waals surface area contributed by atoms with Crippen LogP contribution in [0, 0.1) is 0 Å². The lowest BCUT2D eigenvalue weighted by molar-refractivity contribution is 0.0420. The monoisotopic (exact) mass is 463 g/mol. The van der Waals surface area contributed by atoms with Gasteiger partial charge in [0, 0.05) is 26.3 Å². The molecule has 1 aromatic rings. The summed E-state index contributed by atoms with van der Waals surface area (Å²) in [6.45, 7) is 6.68. The van der Waals surface area contributed by atoms with E-state index >= 15 is 0 Å². The molecule has 1 aromatic carbocycles. The van der Waals surface area contributed by atoms with E-state index in [1.54, 1.807) is 7.11 Å². The molecule has 1 atom stereocenters. The zero-order valence-electron chi connectivity index (χ0n) is 15.1. The van der Waals surface area contributed by atoms with Gasteiger partial charge in [0.1, 0.15) is 5.75 Å². The van der Waals surface area contributed by atoms with Gasteiger partial charge in [0.15, 0.2) is 5.96 Å². The quantitative estimate of drug-likeness (QED) is 0.255. The van der Waals surface area contributed by atoms with Crippen molar-refractivity contribution in [2.75, 3.05) is 40.0 Å². The van der Waals surface area contributed by atoms with Crippen LogP contribution < -0.4 is 15.4 Å². The molecule has 2 N–H and O–H groups in total. The van der Waals surface area contributed by atoms with E-state index in [1.807, 2.05) is 24.3 Å². The number of hydrogen-bond acceptors (Lipinski definition) is 4. The van der Waals surface area contributed by atoms with Crippen molar-refractivity contribution in [3.05, 3.63) is 29.8 Å². The lowest BCUT2D eigenvalue weighted by Crippen LogP contribution is -2.38. The van der Waals surface area contributed by atoms with Gasteiger partial charge in [0.05, 0.1) is 26.4 Å². The van der Waals surface area contributed by atoms with Gasteiger partial charge in [-0.3, -0.25) is 0 Å². The molecule has 1 heterocycles. The van der Waals surface area contributed by atoms with E-state index in [1.165, 1.54) is 0 Å². The Kier molecular flexibility index (Phi) is 11.6. The van der Waals surface area contributed by atoms with E-state index in [0.717, 1.165) is 63.0 Å². The first-order chi connectivity index (χ1) is 11.8. The van der Waals surface area contributed by atoms with Crippen molar-refractivity contribution in [1.29, 1.82) is 0 Å². The summed E-state index contributed by atoms with van der Waals surface area (Å²) < 4.78 is 16.2. The minimum Gasteiger partial charge on any atom is -0.497 e. The molecule has 0 saturated carbocycles. The maximum Gasteiger partial charge on any atom is 0.191 e. The summed E-state index contributed by atoms with van der Waals surface area (Å²) >= 11 is 0. The average molecular weight is 463 g/mol.